The van der Waals surface area contributed by atoms with Gasteiger partial charge in [0.1, 0.15) is 5.82 Å². The number of rotatable bonds is 2. The van der Waals surface area contributed by atoms with E-state index < -0.39 is 0 Å². The van der Waals surface area contributed by atoms with Gasteiger partial charge in [-0.2, -0.15) is 0 Å². The lowest BCUT2D eigenvalue weighted by atomic mass is 10.1. The average molecular weight is 343 g/mol. The number of fused-ring (bicyclic) bond motifs is 1. The van der Waals surface area contributed by atoms with E-state index in [1.165, 1.54) is 38.6 Å². The Balaban J connectivity index is 1.40. The Kier molecular flexibility index (Phi) is 5.06. The topological polar surface area (TPSA) is 51.7 Å². The maximum atomic E-state index is 12.8. The molecule has 1 N–H and O–H groups in total. The molecule has 0 radical (unpaired) electrons. The quantitative estimate of drug-likeness (QED) is 0.897. The normalized spacial score (nSPS) is 24.7. The second-order valence-corrected chi connectivity index (χ2v) is 7.51. The maximum Gasteiger partial charge on any atom is 0.321 e. The smallest absolute Gasteiger partial charge is 0.321 e. The molecule has 3 saturated heterocycles. The first kappa shape index (κ1) is 16.6. The van der Waals surface area contributed by atoms with Gasteiger partial charge in [-0.1, -0.05) is 0 Å². The first-order valence-electron chi connectivity index (χ1n) is 9.80. The summed E-state index contributed by atoms with van der Waals surface area (Å²) >= 11 is 0. The Morgan fingerprint density at radius 3 is 2.76 bits per heavy atom. The Hall–Kier alpha value is -1.82. The molecule has 3 aliphatic heterocycles. The van der Waals surface area contributed by atoms with Crippen molar-refractivity contribution in [2.45, 2.75) is 44.6 Å². The Morgan fingerprint density at radius 1 is 1.04 bits per heavy atom. The molecular weight excluding hydrogens is 314 g/mol. The van der Waals surface area contributed by atoms with E-state index in [1.54, 1.807) is 6.20 Å². The molecule has 1 atom stereocenters. The fourth-order valence-corrected chi connectivity index (χ4v) is 4.39. The van der Waals surface area contributed by atoms with Crippen LogP contribution >= 0.6 is 0 Å². The maximum absolute atomic E-state index is 12.8. The molecule has 1 aromatic rings. The first-order valence-corrected chi connectivity index (χ1v) is 9.80. The number of pyridine rings is 1. The van der Waals surface area contributed by atoms with Crippen molar-refractivity contribution in [3.8, 4) is 0 Å². The zero-order chi connectivity index (χ0) is 17.1. The summed E-state index contributed by atoms with van der Waals surface area (Å²) in [4.78, 5) is 24.1. The van der Waals surface area contributed by atoms with Crippen LogP contribution in [0.15, 0.2) is 18.3 Å². The van der Waals surface area contributed by atoms with Crippen molar-refractivity contribution in [1.82, 2.24) is 14.8 Å². The molecule has 1 unspecified atom stereocenters. The van der Waals surface area contributed by atoms with Crippen LogP contribution in [0.4, 0.5) is 16.3 Å². The number of carbonyl (C=O) groups is 1. The molecule has 0 saturated carbocycles. The number of amides is 2. The number of urea groups is 1. The van der Waals surface area contributed by atoms with E-state index in [4.69, 9.17) is 0 Å². The van der Waals surface area contributed by atoms with Gasteiger partial charge in [0.25, 0.3) is 0 Å². The third-order valence-corrected chi connectivity index (χ3v) is 5.77. The van der Waals surface area contributed by atoms with Crippen LogP contribution in [0.2, 0.25) is 0 Å². The first-order chi connectivity index (χ1) is 12.3. The van der Waals surface area contributed by atoms with Gasteiger partial charge in [-0.25, -0.2) is 9.78 Å². The fourth-order valence-electron chi connectivity index (χ4n) is 4.39. The molecule has 6 heteroatoms. The Bertz CT molecular complexity index is 601. The molecule has 6 nitrogen and oxygen atoms in total. The number of anilines is 2. The van der Waals surface area contributed by atoms with Crippen molar-refractivity contribution < 1.29 is 4.79 Å². The van der Waals surface area contributed by atoms with E-state index in [0.717, 1.165) is 50.6 Å². The molecule has 4 rings (SSSR count). The highest BCUT2D eigenvalue weighted by molar-refractivity contribution is 5.89. The largest absolute Gasteiger partial charge is 0.357 e. The second-order valence-electron chi connectivity index (χ2n) is 7.51. The predicted molar refractivity (Wildman–Crippen MR) is 100 cm³/mol. The van der Waals surface area contributed by atoms with Crippen LogP contribution in [0.5, 0.6) is 0 Å². The minimum absolute atomic E-state index is 0.0320. The van der Waals surface area contributed by atoms with E-state index in [1.807, 2.05) is 17.0 Å². The third-order valence-electron chi connectivity index (χ3n) is 5.77. The molecular formula is C19H29N5O. The zero-order valence-electron chi connectivity index (χ0n) is 15.0. The molecule has 2 amide bonds. The molecule has 0 aliphatic carbocycles. The molecule has 3 fully saturated rings. The standard InChI is InChI=1S/C19H29N5O/c25-19(24-13-5-12-22-11-4-6-17(22)15-24)21-16-7-8-20-18(14-16)23-9-2-1-3-10-23/h7-8,14,17H,1-6,9-13,15H2,(H,20,21,25). The highest BCUT2D eigenvalue weighted by Gasteiger charge is 2.30. The van der Waals surface area contributed by atoms with Crippen LogP contribution < -0.4 is 10.2 Å². The van der Waals surface area contributed by atoms with Gasteiger partial charge in [-0.3, -0.25) is 4.90 Å². The SMILES string of the molecule is O=C(Nc1ccnc(N2CCCCC2)c1)N1CCCN2CCCC2C1. The van der Waals surface area contributed by atoms with E-state index in [0.29, 0.717) is 6.04 Å². The molecule has 0 spiro atoms. The van der Waals surface area contributed by atoms with Crippen LogP contribution in [0, 0.1) is 0 Å². The monoisotopic (exact) mass is 343 g/mol. The van der Waals surface area contributed by atoms with Crippen LogP contribution in [0.25, 0.3) is 0 Å². The highest BCUT2D eigenvalue weighted by Crippen LogP contribution is 2.23. The molecule has 0 bridgehead atoms. The van der Waals surface area contributed by atoms with Crippen LogP contribution in [0.1, 0.15) is 38.5 Å². The molecule has 4 heterocycles. The number of piperidine rings is 1. The summed E-state index contributed by atoms with van der Waals surface area (Å²) < 4.78 is 0. The second kappa shape index (κ2) is 7.60. The lowest BCUT2D eigenvalue weighted by Gasteiger charge is -2.28. The predicted octanol–water partition coefficient (Wildman–Crippen LogP) is 2.77. The van der Waals surface area contributed by atoms with E-state index in [-0.39, 0.29) is 6.03 Å². The number of hydrogen-bond donors (Lipinski definition) is 1. The summed E-state index contributed by atoms with van der Waals surface area (Å²) in [5.74, 6) is 0.982. The number of hydrogen-bond acceptors (Lipinski definition) is 4. The van der Waals surface area contributed by atoms with Gasteiger partial charge in [-0.05, 0) is 51.1 Å². The molecule has 1 aromatic heterocycles. The molecule has 136 valence electrons. The van der Waals surface area contributed by atoms with E-state index >= 15 is 0 Å². The fraction of sp³-hybridized carbons (Fsp3) is 0.684. The van der Waals surface area contributed by atoms with Crippen molar-refractivity contribution >= 4 is 17.5 Å². The number of nitrogens with zero attached hydrogens (tertiary/aromatic N) is 4. The van der Waals surface area contributed by atoms with Gasteiger partial charge in [0.2, 0.25) is 0 Å². The summed E-state index contributed by atoms with van der Waals surface area (Å²) in [5, 5.41) is 3.10. The van der Waals surface area contributed by atoms with Gasteiger partial charge in [-0.15, -0.1) is 0 Å². The van der Waals surface area contributed by atoms with Gasteiger partial charge >= 0.3 is 6.03 Å². The van der Waals surface area contributed by atoms with Crippen molar-refractivity contribution in [2.24, 2.45) is 0 Å². The van der Waals surface area contributed by atoms with Crippen LogP contribution in [-0.2, 0) is 0 Å². The number of aromatic nitrogens is 1. The minimum Gasteiger partial charge on any atom is -0.357 e. The molecule has 25 heavy (non-hydrogen) atoms. The van der Waals surface area contributed by atoms with Crippen LogP contribution in [0.3, 0.4) is 0 Å². The van der Waals surface area contributed by atoms with Crippen molar-refractivity contribution in [1.29, 1.82) is 0 Å². The van der Waals surface area contributed by atoms with Crippen molar-refractivity contribution in [2.75, 3.05) is 49.5 Å². The minimum atomic E-state index is 0.0320. The van der Waals surface area contributed by atoms with Gasteiger partial charge in [0.05, 0.1) is 0 Å². The van der Waals surface area contributed by atoms with E-state index in [9.17, 15) is 4.79 Å². The van der Waals surface area contributed by atoms with E-state index in [2.05, 4.69) is 20.1 Å². The van der Waals surface area contributed by atoms with Gasteiger partial charge < -0.3 is 15.1 Å². The molecule has 3 aliphatic rings. The summed E-state index contributed by atoms with van der Waals surface area (Å²) in [7, 11) is 0. The Labute approximate surface area is 150 Å². The zero-order valence-corrected chi connectivity index (χ0v) is 15.0. The number of nitrogens with one attached hydrogen (secondary N) is 1. The third kappa shape index (κ3) is 3.89. The van der Waals surface area contributed by atoms with Crippen molar-refractivity contribution in [3.63, 3.8) is 0 Å². The lowest BCUT2D eigenvalue weighted by Crippen LogP contribution is -2.41. The summed E-state index contributed by atoms with van der Waals surface area (Å²) in [6, 6.07) is 4.49. The van der Waals surface area contributed by atoms with Crippen LogP contribution in [-0.4, -0.2) is 66.1 Å². The number of carbonyl (C=O) groups excluding carboxylic acids is 1. The van der Waals surface area contributed by atoms with Crippen molar-refractivity contribution in [3.05, 3.63) is 18.3 Å². The Morgan fingerprint density at radius 2 is 1.88 bits per heavy atom. The summed E-state index contributed by atoms with van der Waals surface area (Å²) in [6.07, 6.45) is 9.12. The van der Waals surface area contributed by atoms with Gasteiger partial charge in [0, 0.05) is 56.7 Å². The van der Waals surface area contributed by atoms with Gasteiger partial charge in [0.15, 0.2) is 0 Å². The average Bonchev–Trinajstić information content (AvgIpc) is 2.99. The summed E-state index contributed by atoms with van der Waals surface area (Å²) in [6.45, 7) is 6.16. The highest BCUT2D eigenvalue weighted by atomic mass is 16.2. The molecule has 0 aromatic carbocycles. The lowest BCUT2D eigenvalue weighted by molar-refractivity contribution is 0.200. The summed E-state index contributed by atoms with van der Waals surface area (Å²) in [5.41, 5.74) is 0.855.